The number of ketones is 1. The Hall–Kier alpha value is -0.830. The molecule has 1 heterocycles. The second-order valence-corrected chi connectivity index (χ2v) is 11.4. The highest BCUT2D eigenvalue weighted by Crippen LogP contribution is 2.65. The van der Waals surface area contributed by atoms with Gasteiger partial charge in [-0.1, -0.05) is 19.4 Å². The van der Waals surface area contributed by atoms with Crippen molar-refractivity contribution in [3.05, 3.63) is 11.6 Å². The Balaban J connectivity index is 1.33. The Bertz CT molecular complexity index is 780. The monoisotopic (exact) mass is 450 g/mol. The van der Waals surface area contributed by atoms with Crippen molar-refractivity contribution >= 4 is 5.78 Å². The van der Waals surface area contributed by atoms with E-state index in [9.17, 15) is 25.2 Å². The maximum Gasteiger partial charge on any atom is 0.186 e. The molecule has 11 atom stereocenters. The molecule has 0 aromatic rings. The third kappa shape index (κ3) is 3.35. The number of hydrogen-bond acceptors (Lipinski definition) is 7. The molecule has 4 N–H and O–H groups in total. The number of fused-ring (bicyclic) bond motifs is 5. The van der Waals surface area contributed by atoms with Crippen LogP contribution in [0.25, 0.3) is 0 Å². The van der Waals surface area contributed by atoms with E-state index < -0.39 is 37.3 Å². The van der Waals surface area contributed by atoms with Gasteiger partial charge in [0, 0.05) is 6.42 Å². The van der Waals surface area contributed by atoms with Crippen LogP contribution in [0.15, 0.2) is 11.6 Å². The third-order valence-corrected chi connectivity index (χ3v) is 10.0. The van der Waals surface area contributed by atoms with Crippen molar-refractivity contribution in [3.63, 3.8) is 0 Å². The second-order valence-electron chi connectivity index (χ2n) is 11.4. The third-order valence-electron chi connectivity index (χ3n) is 10.0. The Labute approximate surface area is 189 Å². The van der Waals surface area contributed by atoms with E-state index in [2.05, 4.69) is 13.8 Å². The molecule has 1 aliphatic heterocycles. The molecule has 3 saturated carbocycles. The van der Waals surface area contributed by atoms with Crippen LogP contribution in [0.3, 0.4) is 0 Å². The van der Waals surface area contributed by atoms with Crippen LogP contribution in [0.2, 0.25) is 0 Å². The summed E-state index contributed by atoms with van der Waals surface area (Å²) < 4.78 is 12.0. The van der Waals surface area contributed by atoms with Gasteiger partial charge in [0.15, 0.2) is 12.1 Å². The molecule has 1 saturated heterocycles. The van der Waals surface area contributed by atoms with Gasteiger partial charge in [0.25, 0.3) is 0 Å². The molecule has 180 valence electrons. The number of rotatable bonds is 3. The van der Waals surface area contributed by atoms with Crippen LogP contribution in [-0.4, -0.2) is 69.6 Å². The van der Waals surface area contributed by atoms with Crippen LogP contribution in [0, 0.1) is 28.6 Å². The van der Waals surface area contributed by atoms with E-state index >= 15 is 0 Å². The highest BCUT2D eigenvalue weighted by atomic mass is 16.7. The summed E-state index contributed by atoms with van der Waals surface area (Å²) in [7, 11) is 0. The van der Waals surface area contributed by atoms with Crippen molar-refractivity contribution in [1.82, 2.24) is 0 Å². The largest absolute Gasteiger partial charge is 0.394 e. The summed E-state index contributed by atoms with van der Waals surface area (Å²) in [6.45, 7) is 4.23. The van der Waals surface area contributed by atoms with E-state index in [-0.39, 0.29) is 22.7 Å². The van der Waals surface area contributed by atoms with Crippen LogP contribution in [0.1, 0.15) is 65.2 Å². The lowest BCUT2D eigenvalue weighted by atomic mass is 9.47. The van der Waals surface area contributed by atoms with Gasteiger partial charge < -0.3 is 29.9 Å². The average Bonchev–Trinajstić information content (AvgIpc) is 3.10. The van der Waals surface area contributed by atoms with Gasteiger partial charge in [0.1, 0.15) is 24.4 Å². The molecular weight excluding hydrogens is 412 g/mol. The van der Waals surface area contributed by atoms with E-state index in [1.807, 2.05) is 6.08 Å². The first-order chi connectivity index (χ1) is 15.2. The van der Waals surface area contributed by atoms with Crippen LogP contribution >= 0.6 is 0 Å². The summed E-state index contributed by atoms with van der Waals surface area (Å²) in [5.74, 6) is 2.00. The van der Waals surface area contributed by atoms with Crippen molar-refractivity contribution in [2.75, 3.05) is 6.61 Å². The number of carbonyl (C=O) groups is 1. The van der Waals surface area contributed by atoms with Crippen LogP contribution < -0.4 is 0 Å². The standard InChI is InChI=1S/C25H38O7/c1-24-9-7-14(27)11-13(24)3-4-15-16-5-6-19(25(16,2)10-8-17(15)24)32-23-22(30)21(29)20(28)18(12-26)31-23/h11,15-23,26,28-30H,3-10,12H2,1-2H3/t15-,16-,17-,18+,19-,20+,21-,22?,23+,24-,25-/m0/s1. The molecule has 4 aliphatic carbocycles. The van der Waals surface area contributed by atoms with Gasteiger partial charge in [-0.15, -0.1) is 0 Å². The summed E-state index contributed by atoms with van der Waals surface area (Å²) >= 11 is 0. The maximum atomic E-state index is 12.0. The van der Waals surface area contributed by atoms with E-state index in [0.29, 0.717) is 24.2 Å². The van der Waals surface area contributed by atoms with Crippen molar-refractivity contribution in [3.8, 4) is 0 Å². The highest BCUT2D eigenvalue weighted by Gasteiger charge is 2.60. The van der Waals surface area contributed by atoms with Gasteiger partial charge in [0.2, 0.25) is 0 Å². The van der Waals surface area contributed by atoms with Gasteiger partial charge in [0.05, 0.1) is 12.7 Å². The van der Waals surface area contributed by atoms with Gasteiger partial charge >= 0.3 is 0 Å². The van der Waals surface area contributed by atoms with Crippen LogP contribution in [0.4, 0.5) is 0 Å². The summed E-state index contributed by atoms with van der Waals surface area (Å²) in [5.41, 5.74) is 1.46. The van der Waals surface area contributed by atoms with E-state index in [1.54, 1.807) is 0 Å². The topological polar surface area (TPSA) is 116 Å². The van der Waals surface area contributed by atoms with Crippen molar-refractivity contribution < 1.29 is 34.7 Å². The van der Waals surface area contributed by atoms with Crippen molar-refractivity contribution in [2.45, 2.75) is 102 Å². The molecule has 0 radical (unpaired) electrons. The number of allylic oxidation sites excluding steroid dienone is 1. The molecule has 0 spiro atoms. The normalized spacial score (nSPS) is 53.2. The average molecular weight is 451 g/mol. The maximum absolute atomic E-state index is 12.0. The molecule has 0 aromatic heterocycles. The summed E-state index contributed by atoms with van der Waals surface area (Å²) in [6, 6.07) is 0. The zero-order valence-electron chi connectivity index (χ0n) is 19.2. The number of aliphatic hydroxyl groups is 4. The molecule has 0 bridgehead atoms. The van der Waals surface area contributed by atoms with Gasteiger partial charge in [-0.3, -0.25) is 4.79 Å². The highest BCUT2D eigenvalue weighted by molar-refractivity contribution is 5.91. The molecule has 0 amide bonds. The molecular formula is C25H38O7. The number of ether oxygens (including phenoxy) is 2. The molecule has 4 fully saturated rings. The molecule has 0 aromatic carbocycles. The predicted octanol–water partition coefficient (Wildman–Crippen LogP) is 1.70. The minimum absolute atomic E-state index is 0.0396. The molecule has 7 heteroatoms. The van der Waals surface area contributed by atoms with E-state index in [1.165, 1.54) is 5.57 Å². The fourth-order valence-corrected chi connectivity index (χ4v) is 8.08. The van der Waals surface area contributed by atoms with E-state index in [0.717, 1.165) is 44.9 Å². The smallest absolute Gasteiger partial charge is 0.186 e. The van der Waals surface area contributed by atoms with Crippen molar-refractivity contribution in [2.24, 2.45) is 28.6 Å². The van der Waals surface area contributed by atoms with Gasteiger partial charge in [-0.05, 0) is 79.6 Å². The first-order valence-electron chi connectivity index (χ1n) is 12.4. The fraction of sp³-hybridized carbons (Fsp3) is 0.880. The SMILES string of the molecule is C[C@]12CC[C@H]3[C@@H](CCC4=CC(=O)CC[C@@]43C)[C@@H]1CC[C@@H]2O[C@H]1O[C@H](CO)[C@@H](O)[C@H](O)C1O. The second kappa shape index (κ2) is 8.14. The first kappa shape index (κ1) is 22.9. The lowest BCUT2D eigenvalue weighted by Crippen LogP contribution is -2.60. The summed E-state index contributed by atoms with van der Waals surface area (Å²) in [6.07, 6.45) is 3.50. The predicted molar refractivity (Wildman–Crippen MR) is 115 cm³/mol. The van der Waals surface area contributed by atoms with Crippen molar-refractivity contribution in [1.29, 1.82) is 0 Å². The molecule has 1 unspecified atom stereocenters. The van der Waals surface area contributed by atoms with Gasteiger partial charge in [-0.2, -0.15) is 0 Å². The van der Waals surface area contributed by atoms with Crippen LogP contribution in [-0.2, 0) is 14.3 Å². The molecule has 5 rings (SSSR count). The molecule has 7 nitrogen and oxygen atoms in total. The number of hydrogen-bond donors (Lipinski definition) is 4. The fourth-order valence-electron chi connectivity index (χ4n) is 8.08. The van der Waals surface area contributed by atoms with Gasteiger partial charge in [-0.25, -0.2) is 0 Å². The molecule has 32 heavy (non-hydrogen) atoms. The minimum atomic E-state index is -1.41. The summed E-state index contributed by atoms with van der Waals surface area (Å²) in [4.78, 5) is 12.0. The van der Waals surface area contributed by atoms with E-state index in [4.69, 9.17) is 9.47 Å². The number of carbonyl (C=O) groups excluding carboxylic acids is 1. The number of aliphatic hydroxyl groups excluding tert-OH is 4. The zero-order chi connectivity index (χ0) is 22.8. The van der Waals surface area contributed by atoms with Crippen LogP contribution in [0.5, 0.6) is 0 Å². The zero-order valence-corrected chi connectivity index (χ0v) is 19.2. The lowest BCUT2D eigenvalue weighted by Gasteiger charge is -2.58. The first-order valence-corrected chi connectivity index (χ1v) is 12.4. The Kier molecular flexibility index (Phi) is 5.83. The summed E-state index contributed by atoms with van der Waals surface area (Å²) in [5, 5.41) is 40.2. The lowest BCUT2D eigenvalue weighted by molar-refractivity contribution is -0.319. The quantitative estimate of drug-likeness (QED) is 0.517. The Morgan fingerprint density at radius 1 is 1.00 bits per heavy atom. The minimum Gasteiger partial charge on any atom is -0.394 e. The Morgan fingerprint density at radius 3 is 2.53 bits per heavy atom. The Morgan fingerprint density at radius 2 is 1.78 bits per heavy atom. The molecule has 5 aliphatic rings.